The van der Waals surface area contributed by atoms with Crippen LogP contribution in [0.4, 0.5) is 0 Å². The second kappa shape index (κ2) is 10.5. The number of hydrogen-bond donors (Lipinski definition) is 1. The molecule has 1 saturated heterocycles. The number of nitrogens with one attached hydrogen (secondary N) is 1. The number of fused-ring (bicyclic) bond motifs is 3. The first kappa shape index (κ1) is 25.1. The molecule has 3 aromatic heterocycles. The van der Waals surface area contributed by atoms with Crippen molar-refractivity contribution < 1.29 is 9.53 Å². The smallest absolute Gasteiger partial charge is 0.253 e. The summed E-state index contributed by atoms with van der Waals surface area (Å²) in [6, 6.07) is 18.0. The minimum Gasteiger partial charge on any atom is -0.496 e. The molecule has 7 heteroatoms. The van der Waals surface area contributed by atoms with E-state index in [1.54, 1.807) is 13.3 Å². The predicted molar refractivity (Wildman–Crippen MR) is 156 cm³/mol. The van der Waals surface area contributed by atoms with Crippen molar-refractivity contribution in [1.29, 1.82) is 0 Å². The van der Waals surface area contributed by atoms with E-state index >= 15 is 0 Å². The number of pyridine rings is 2. The van der Waals surface area contributed by atoms with Gasteiger partial charge in [0.15, 0.2) is 0 Å². The lowest BCUT2D eigenvalue weighted by molar-refractivity contribution is 0.0740. The van der Waals surface area contributed by atoms with Crippen LogP contribution in [0, 0.1) is 5.92 Å². The molecule has 4 heterocycles. The molecule has 0 aliphatic carbocycles. The molecule has 5 aromatic rings. The van der Waals surface area contributed by atoms with Gasteiger partial charge in [0, 0.05) is 65.0 Å². The number of benzene rings is 2. The van der Waals surface area contributed by atoms with E-state index in [1.165, 1.54) is 0 Å². The van der Waals surface area contributed by atoms with Gasteiger partial charge in [0.2, 0.25) is 0 Å². The summed E-state index contributed by atoms with van der Waals surface area (Å²) < 4.78 is 5.84. The van der Waals surface area contributed by atoms with Crippen molar-refractivity contribution in [2.45, 2.75) is 13.3 Å². The van der Waals surface area contributed by atoms with Crippen molar-refractivity contribution >= 4 is 27.7 Å². The largest absolute Gasteiger partial charge is 0.496 e. The van der Waals surface area contributed by atoms with E-state index < -0.39 is 0 Å². The summed E-state index contributed by atoms with van der Waals surface area (Å²) in [4.78, 5) is 30.2. The van der Waals surface area contributed by atoms with E-state index in [2.05, 4.69) is 39.9 Å². The van der Waals surface area contributed by atoms with Crippen molar-refractivity contribution in [2.75, 3.05) is 40.3 Å². The van der Waals surface area contributed by atoms with Crippen molar-refractivity contribution in [3.63, 3.8) is 0 Å². The highest BCUT2D eigenvalue weighted by Crippen LogP contribution is 2.41. The lowest BCUT2D eigenvalue weighted by atomic mass is 9.97. The molecule has 1 N–H and O–H groups in total. The molecule has 2 aromatic carbocycles. The molecule has 1 atom stereocenters. The molecule has 0 saturated carbocycles. The van der Waals surface area contributed by atoms with Gasteiger partial charge in [0.1, 0.15) is 5.75 Å². The standard InChI is InChI=1S/C32H33N5O2/c1-4-37(20-21-13-15-36(2)19-21)32(38)23-9-7-22(8-10-23)30-29(39-3)12-11-26-31(30)25-16-27(34-18-28(25)35-26)24-6-5-14-33-17-24/h5-12,14,16-18,21,35H,4,13,15,19-20H2,1-3H3. The number of ether oxygens (including phenoxy) is 1. The van der Waals surface area contributed by atoms with E-state index in [1.807, 2.05) is 65.8 Å². The zero-order valence-corrected chi connectivity index (χ0v) is 22.6. The van der Waals surface area contributed by atoms with Crippen LogP contribution in [0.1, 0.15) is 23.7 Å². The first-order chi connectivity index (χ1) is 19.1. The van der Waals surface area contributed by atoms with Gasteiger partial charge in [0.05, 0.1) is 24.5 Å². The van der Waals surface area contributed by atoms with Gasteiger partial charge in [-0.15, -0.1) is 0 Å². The summed E-state index contributed by atoms with van der Waals surface area (Å²) in [6.45, 7) is 5.72. The molecule has 7 nitrogen and oxygen atoms in total. The number of rotatable bonds is 7. The molecule has 1 fully saturated rings. The Morgan fingerprint density at radius 1 is 1.10 bits per heavy atom. The van der Waals surface area contributed by atoms with Crippen LogP contribution in [-0.2, 0) is 0 Å². The number of nitrogens with zero attached hydrogens (tertiary/aromatic N) is 4. The molecule has 39 heavy (non-hydrogen) atoms. The Kier molecular flexibility index (Phi) is 6.75. The third-order valence-corrected chi connectivity index (χ3v) is 7.84. The van der Waals surface area contributed by atoms with Crippen molar-refractivity contribution in [2.24, 2.45) is 5.92 Å². The van der Waals surface area contributed by atoms with Crippen LogP contribution in [0.2, 0.25) is 0 Å². The highest BCUT2D eigenvalue weighted by atomic mass is 16.5. The number of likely N-dealkylation sites (tertiary alicyclic amines) is 1. The van der Waals surface area contributed by atoms with E-state index in [4.69, 9.17) is 4.74 Å². The lowest BCUT2D eigenvalue weighted by Gasteiger charge is -2.24. The number of H-pyrrole nitrogens is 1. The van der Waals surface area contributed by atoms with Gasteiger partial charge >= 0.3 is 0 Å². The fourth-order valence-electron chi connectivity index (χ4n) is 5.81. The van der Waals surface area contributed by atoms with Gasteiger partial charge in [0.25, 0.3) is 5.91 Å². The quantitative estimate of drug-likeness (QED) is 0.291. The van der Waals surface area contributed by atoms with Gasteiger partial charge < -0.3 is 19.5 Å². The second-order valence-electron chi connectivity index (χ2n) is 10.4. The first-order valence-corrected chi connectivity index (χ1v) is 13.5. The summed E-state index contributed by atoms with van der Waals surface area (Å²) in [5, 5.41) is 2.13. The minimum absolute atomic E-state index is 0.0862. The second-order valence-corrected chi connectivity index (χ2v) is 10.4. The van der Waals surface area contributed by atoms with E-state index in [0.717, 1.165) is 76.0 Å². The maximum Gasteiger partial charge on any atom is 0.253 e. The Balaban J connectivity index is 1.38. The molecule has 1 amide bonds. The maximum absolute atomic E-state index is 13.4. The summed E-state index contributed by atoms with van der Waals surface area (Å²) in [5.74, 6) is 1.40. The monoisotopic (exact) mass is 519 g/mol. The van der Waals surface area contributed by atoms with E-state index in [0.29, 0.717) is 18.0 Å². The number of aromatic amines is 1. The molecule has 1 aliphatic rings. The fraction of sp³-hybridized carbons (Fsp3) is 0.281. The molecule has 1 aliphatic heterocycles. The van der Waals surface area contributed by atoms with Crippen molar-refractivity contribution in [3.8, 4) is 28.1 Å². The Morgan fingerprint density at radius 2 is 1.95 bits per heavy atom. The summed E-state index contributed by atoms with van der Waals surface area (Å²) >= 11 is 0. The average Bonchev–Trinajstić information content (AvgIpc) is 3.57. The number of methoxy groups -OCH3 is 1. The van der Waals surface area contributed by atoms with Crippen LogP contribution < -0.4 is 4.74 Å². The van der Waals surface area contributed by atoms with Gasteiger partial charge in [-0.05, 0) is 80.9 Å². The zero-order valence-electron chi connectivity index (χ0n) is 22.6. The molecule has 6 rings (SSSR count). The molecule has 0 spiro atoms. The van der Waals surface area contributed by atoms with Crippen LogP contribution in [0.15, 0.2) is 73.2 Å². The number of amides is 1. The van der Waals surface area contributed by atoms with Crippen LogP contribution in [0.25, 0.3) is 44.2 Å². The summed E-state index contributed by atoms with van der Waals surface area (Å²) in [7, 11) is 3.84. The average molecular weight is 520 g/mol. The van der Waals surface area contributed by atoms with Gasteiger partial charge in [-0.1, -0.05) is 12.1 Å². The van der Waals surface area contributed by atoms with Crippen LogP contribution in [-0.4, -0.2) is 71.0 Å². The van der Waals surface area contributed by atoms with Crippen LogP contribution in [0.5, 0.6) is 5.75 Å². The Labute approximate surface area is 228 Å². The Hall–Kier alpha value is -4.23. The molecular weight excluding hydrogens is 486 g/mol. The zero-order chi connectivity index (χ0) is 26.9. The van der Waals surface area contributed by atoms with Crippen LogP contribution in [0.3, 0.4) is 0 Å². The molecule has 0 radical (unpaired) electrons. The van der Waals surface area contributed by atoms with Crippen LogP contribution >= 0.6 is 0 Å². The van der Waals surface area contributed by atoms with Crippen molar-refractivity contribution in [1.82, 2.24) is 24.8 Å². The normalized spacial score (nSPS) is 15.7. The molecule has 198 valence electrons. The van der Waals surface area contributed by atoms with E-state index in [-0.39, 0.29) is 5.91 Å². The third-order valence-electron chi connectivity index (χ3n) is 7.84. The maximum atomic E-state index is 13.4. The van der Waals surface area contributed by atoms with E-state index in [9.17, 15) is 4.79 Å². The molecular formula is C32H33N5O2. The van der Waals surface area contributed by atoms with Gasteiger partial charge in [-0.25, -0.2) is 0 Å². The number of aromatic nitrogens is 3. The number of carbonyl (C=O) groups is 1. The first-order valence-electron chi connectivity index (χ1n) is 13.5. The SMILES string of the molecule is CCN(CC1CCN(C)C1)C(=O)c1ccc(-c2c(OC)ccc3[nH]c4cnc(-c5cccnc5)cc4c23)cc1. The lowest BCUT2D eigenvalue weighted by Crippen LogP contribution is -2.36. The minimum atomic E-state index is 0.0862. The Morgan fingerprint density at radius 3 is 2.64 bits per heavy atom. The fourth-order valence-corrected chi connectivity index (χ4v) is 5.81. The van der Waals surface area contributed by atoms with Gasteiger partial charge in [-0.3, -0.25) is 14.8 Å². The summed E-state index contributed by atoms with van der Waals surface area (Å²) in [6.07, 6.45) is 6.60. The molecule has 1 unspecified atom stereocenters. The highest BCUT2D eigenvalue weighted by molar-refractivity contribution is 6.16. The Bertz CT molecular complexity index is 1630. The predicted octanol–water partition coefficient (Wildman–Crippen LogP) is 5.87. The van der Waals surface area contributed by atoms with Crippen molar-refractivity contribution in [3.05, 3.63) is 78.8 Å². The van der Waals surface area contributed by atoms with Gasteiger partial charge in [-0.2, -0.15) is 0 Å². The number of hydrogen-bond acceptors (Lipinski definition) is 5. The summed E-state index contributed by atoms with van der Waals surface area (Å²) in [5.41, 5.74) is 6.48. The number of carbonyl (C=O) groups excluding carboxylic acids is 1. The third kappa shape index (κ3) is 4.74. The molecule has 0 bridgehead atoms. The highest BCUT2D eigenvalue weighted by Gasteiger charge is 2.24. The topological polar surface area (TPSA) is 74.3 Å².